The van der Waals surface area contributed by atoms with Crippen LogP contribution in [0.25, 0.3) is 67.7 Å². The number of hydrogen-bond acceptors (Lipinski definition) is 18. The highest BCUT2D eigenvalue weighted by molar-refractivity contribution is 5.83. The first-order valence-corrected chi connectivity index (χ1v) is 30.7. The Morgan fingerprint density at radius 3 is 1.27 bits per heavy atom. The summed E-state index contributed by atoms with van der Waals surface area (Å²) >= 11 is 0. The lowest BCUT2D eigenvalue weighted by Crippen LogP contribution is -2.37. The molecule has 7 heterocycles. The number of fused-ring (bicyclic) bond motifs is 6. The number of benzene rings is 5. The van der Waals surface area contributed by atoms with E-state index in [0.717, 1.165) is 105 Å². The molecule has 5 aromatic carbocycles. The monoisotopic (exact) mass is 1230 g/mol. The number of likely N-dealkylation sites (tertiary alicyclic amines) is 1. The molecule has 0 atom stereocenters. The number of aromatic nitrogens is 12. The molecule has 0 amide bonds. The summed E-state index contributed by atoms with van der Waals surface area (Å²) < 4.78 is 5.79. The Labute approximate surface area is 525 Å². The van der Waals surface area contributed by atoms with Gasteiger partial charge < -0.3 is 44.8 Å². The minimum absolute atomic E-state index is 0.175. The van der Waals surface area contributed by atoms with Crippen LogP contribution in [0.1, 0.15) is 63.8 Å². The van der Waals surface area contributed by atoms with Gasteiger partial charge in [0, 0.05) is 91.9 Å². The van der Waals surface area contributed by atoms with Gasteiger partial charge in [-0.25, -0.2) is 29.3 Å². The fourth-order valence-corrected chi connectivity index (χ4v) is 11.5. The SMILES string of the molecule is Cc1cc2nc3c(=O)[nH]c(=O)nc-3n(CCN3CCC(CCN)CC3)c2cc1C.Cc1cc2nc3c(=O)[nH]c(=O)nc-3n(CCNCc3ccc(N(C)C)cc3)c2cc1C.Cc1cc2nc3c(=O)[nH]c(=O)nc-3n(CCNCc3cccc(N(C)C)c3)c2cc1C. The molecule has 0 saturated carbocycles. The summed E-state index contributed by atoms with van der Waals surface area (Å²) in [7, 11) is 8.07. The van der Waals surface area contributed by atoms with Gasteiger partial charge in [-0.1, -0.05) is 24.3 Å². The lowest BCUT2D eigenvalue weighted by molar-refractivity contribution is 0.175. The van der Waals surface area contributed by atoms with Gasteiger partial charge in [-0.2, -0.15) is 15.0 Å². The maximum Gasteiger partial charge on any atom is 0.349 e. The summed E-state index contributed by atoms with van der Waals surface area (Å²) in [6, 6.07) is 28.8. The highest BCUT2D eigenvalue weighted by atomic mass is 16.2. The van der Waals surface area contributed by atoms with Crippen LogP contribution in [0.4, 0.5) is 11.4 Å². The summed E-state index contributed by atoms with van der Waals surface area (Å²) in [5, 5.41) is 6.89. The van der Waals surface area contributed by atoms with E-state index in [4.69, 9.17) is 5.73 Å². The summed E-state index contributed by atoms with van der Waals surface area (Å²) in [5.74, 6) is 1.69. The number of hydrogen-bond donors (Lipinski definition) is 6. The molecule has 1 fully saturated rings. The Morgan fingerprint density at radius 1 is 0.473 bits per heavy atom. The molecule has 7 N–H and O–H groups in total. The highest BCUT2D eigenvalue weighted by Gasteiger charge is 2.24. The number of rotatable bonds is 17. The van der Waals surface area contributed by atoms with Crippen LogP contribution >= 0.6 is 0 Å². The third kappa shape index (κ3) is 14.8. The van der Waals surface area contributed by atoms with Crippen LogP contribution < -0.4 is 59.9 Å². The molecule has 0 radical (unpaired) electrons. The quantitative estimate of drug-likeness (QED) is 0.0493. The predicted molar refractivity (Wildman–Crippen MR) is 359 cm³/mol. The van der Waals surface area contributed by atoms with Crippen molar-refractivity contribution in [3.8, 4) is 34.6 Å². The van der Waals surface area contributed by atoms with Gasteiger partial charge in [-0.15, -0.1) is 0 Å². The van der Waals surface area contributed by atoms with E-state index in [2.05, 4.69) is 126 Å². The number of H-pyrrole nitrogens is 3. The second-order valence-electron chi connectivity index (χ2n) is 24.0. The molecule has 5 aromatic rings. The zero-order chi connectivity index (χ0) is 64.8. The van der Waals surface area contributed by atoms with Gasteiger partial charge in [0.25, 0.3) is 16.7 Å². The molecular weight excluding hydrogens is 1150 g/mol. The van der Waals surface area contributed by atoms with Gasteiger partial charge in [0.1, 0.15) is 0 Å². The lowest BCUT2D eigenvalue weighted by atomic mass is 9.94. The van der Waals surface area contributed by atoms with Crippen molar-refractivity contribution >= 4 is 44.5 Å². The Balaban J connectivity index is 0.000000150. The van der Waals surface area contributed by atoms with Crippen LogP contribution in [-0.4, -0.2) is 131 Å². The van der Waals surface area contributed by atoms with Crippen molar-refractivity contribution in [2.75, 3.05) is 77.3 Å². The fraction of sp³-hybridized carbons (Fsp3) is 0.373. The maximum atomic E-state index is 12.4. The van der Waals surface area contributed by atoms with Crippen LogP contribution in [0, 0.1) is 47.5 Å². The van der Waals surface area contributed by atoms with Crippen molar-refractivity contribution in [3.05, 3.63) is 192 Å². The zero-order valence-corrected chi connectivity index (χ0v) is 53.5. The second-order valence-corrected chi connectivity index (χ2v) is 24.0. The lowest BCUT2D eigenvalue weighted by Gasteiger charge is -2.32. The van der Waals surface area contributed by atoms with E-state index in [0.29, 0.717) is 74.3 Å². The molecule has 7 aliphatic rings. The van der Waals surface area contributed by atoms with Crippen molar-refractivity contribution in [2.45, 2.75) is 93.5 Å². The number of nitrogens with zero attached hydrogens (tertiary/aromatic N) is 12. The van der Waals surface area contributed by atoms with E-state index in [-0.39, 0.29) is 17.1 Å². The van der Waals surface area contributed by atoms with Crippen molar-refractivity contribution in [3.63, 3.8) is 0 Å². The number of anilines is 2. The number of piperidine rings is 1. The topological polar surface area (TPSA) is 302 Å². The summed E-state index contributed by atoms with van der Waals surface area (Å²) in [4.78, 5) is 112. The van der Waals surface area contributed by atoms with E-state index in [1.807, 2.05) is 113 Å². The molecule has 0 aliphatic carbocycles. The van der Waals surface area contributed by atoms with Crippen molar-refractivity contribution in [2.24, 2.45) is 11.7 Å². The first-order chi connectivity index (χ1) is 43.6. The highest BCUT2D eigenvalue weighted by Crippen LogP contribution is 2.28. The van der Waals surface area contributed by atoms with E-state index in [1.54, 1.807) is 0 Å². The third-order valence-electron chi connectivity index (χ3n) is 17.2. The molecule has 24 heteroatoms. The van der Waals surface area contributed by atoms with E-state index < -0.39 is 33.7 Å². The first-order valence-electron chi connectivity index (χ1n) is 30.7. The third-order valence-corrected chi connectivity index (χ3v) is 17.2. The van der Waals surface area contributed by atoms with Crippen LogP contribution in [-0.2, 0) is 32.7 Å². The standard InChI is InChI=1S/2C23H26N6O2.C21H28N6O2/c1-14-11-18-19(12-15(14)2)29(21-20(25-18)22(30)27-23(31)26-21)10-9-24-13-16-5-7-17(8-6-16)28(3)4;1-14-10-18-19(11-15(14)2)29(21-20(25-18)22(30)27-23(31)26-21)9-8-24-13-16-6-5-7-17(12-16)28(3)4;1-13-11-16-17(12-14(13)2)27(19-18(23-16)20(28)25-21(29)24-19)10-9-26-7-4-15(3-6-22)5-8-26/h5-8,11-12,24H,9-10,13H2,1-4H3,(H,27,30,31);5-7,10-12,24H,8-9,13H2,1-4H3,(H,27,30,31);11-12,15H,3-10,22H2,1-2H3,(H,25,28,29). The molecule has 0 aromatic heterocycles. The Bertz CT molecular complexity index is 4710. The van der Waals surface area contributed by atoms with Crippen molar-refractivity contribution in [1.29, 1.82) is 0 Å². The molecule has 24 nitrogen and oxygen atoms in total. The Hall–Kier alpha value is -9.62. The molecule has 0 bridgehead atoms. The van der Waals surface area contributed by atoms with Gasteiger partial charge in [0.15, 0.2) is 34.6 Å². The van der Waals surface area contributed by atoms with Gasteiger partial charge in [0.05, 0.1) is 33.1 Å². The van der Waals surface area contributed by atoms with Crippen molar-refractivity contribution < 1.29 is 0 Å². The zero-order valence-electron chi connectivity index (χ0n) is 53.5. The average molecular weight is 1230 g/mol. The summed E-state index contributed by atoms with van der Waals surface area (Å²) in [6.07, 6.45) is 3.43. The number of aryl methyl sites for hydroxylation is 6. The molecule has 0 unspecified atom stereocenters. The van der Waals surface area contributed by atoms with Gasteiger partial charge in [-0.3, -0.25) is 29.3 Å². The van der Waals surface area contributed by atoms with Crippen LogP contribution in [0.5, 0.6) is 0 Å². The minimum Gasteiger partial charge on any atom is -0.378 e. The van der Waals surface area contributed by atoms with Crippen LogP contribution in [0.2, 0.25) is 0 Å². The van der Waals surface area contributed by atoms with Crippen LogP contribution in [0.15, 0.2) is 114 Å². The van der Waals surface area contributed by atoms with Gasteiger partial charge >= 0.3 is 17.1 Å². The minimum atomic E-state index is -0.662. The molecule has 1 saturated heterocycles. The molecule has 91 heavy (non-hydrogen) atoms. The van der Waals surface area contributed by atoms with Gasteiger partial charge in [-0.05, 0) is 192 Å². The molecular formula is C67H80N18O6. The number of nitrogens with two attached hydrogens (primary N) is 1. The second kappa shape index (κ2) is 28.0. The fourth-order valence-electron chi connectivity index (χ4n) is 11.5. The van der Waals surface area contributed by atoms with Crippen LogP contribution in [0.3, 0.4) is 0 Å². The molecule has 0 spiro atoms. The van der Waals surface area contributed by atoms with E-state index in [9.17, 15) is 28.8 Å². The molecule has 7 aliphatic heterocycles. The molecule has 474 valence electrons. The number of aromatic amines is 3. The Morgan fingerprint density at radius 2 is 0.868 bits per heavy atom. The summed E-state index contributed by atoms with van der Waals surface area (Å²) in [6.45, 7) is 20.3. The average Bonchev–Trinajstić information content (AvgIpc) is 0.951. The summed E-state index contributed by atoms with van der Waals surface area (Å²) in [5.41, 5.74) is 18.9. The van der Waals surface area contributed by atoms with E-state index >= 15 is 0 Å². The Kier molecular flexibility index (Phi) is 19.8. The van der Waals surface area contributed by atoms with E-state index in [1.165, 1.54) is 24.0 Å². The first kappa shape index (κ1) is 64.4. The molecule has 12 rings (SSSR count). The normalized spacial score (nSPS) is 12.9. The largest absolute Gasteiger partial charge is 0.378 e. The predicted octanol–water partition coefficient (Wildman–Crippen LogP) is 5.38. The number of nitrogens with one attached hydrogen (secondary N) is 5. The van der Waals surface area contributed by atoms with Crippen molar-refractivity contribution in [1.82, 2.24) is 74.1 Å². The smallest absolute Gasteiger partial charge is 0.349 e. The maximum absolute atomic E-state index is 12.4. The van der Waals surface area contributed by atoms with Gasteiger partial charge in [0.2, 0.25) is 0 Å².